The second kappa shape index (κ2) is 2.80. The Kier molecular flexibility index (Phi) is 1.63. The van der Waals surface area contributed by atoms with Crippen molar-refractivity contribution in [2.24, 2.45) is 0 Å². The molecule has 0 bridgehead atoms. The number of nitrogens with zero attached hydrogens (tertiary/aromatic N) is 4. The Bertz CT molecular complexity index is 618. The smallest absolute Gasteiger partial charge is 0.283 e. The van der Waals surface area contributed by atoms with Crippen LogP contribution in [0.25, 0.3) is 11.2 Å². The van der Waals surface area contributed by atoms with Crippen molar-refractivity contribution >= 4 is 17.1 Å². The number of aliphatic hydroxyl groups excluding tert-OH is 2. The predicted octanol–water partition coefficient (Wildman–Crippen LogP) is -1.62. The Morgan fingerprint density at radius 3 is 2.94 bits per heavy atom. The first kappa shape index (κ1) is 9.31. The molecular weight excluding hydrogens is 214 g/mol. The maximum atomic E-state index is 11.9. The third-order valence-electron chi connectivity index (χ3n) is 2.72. The summed E-state index contributed by atoms with van der Waals surface area (Å²) < 4.78 is 1.03. The van der Waals surface area contributed by atoms with Crippen LogP contribution in [0.4, 0.5) is 5.95 Å². The van der Waals surface area contributed by atoms with E-state index in [0.717, 1.165) is 4.57 Å². The Balaban J connectivity index is 2.42. The van der Waals surface area contributed by atoms with Crippen molar-refractivity contribution in [3.63, 3.8) is 0 Å². The number of hydrogen-bond donors (Lipinski definition) is 3. The van der Waals surface area contributed by atoms with Crippen LogP contribution in [-0.2, 0) is 0 Å². The summed E-state index contributed by atoms with van der Waals surface area (Å²) in [6.07, 6.45) is -1.13. The summed E-state index contributed by atoms with van der Waals surface area (Å²) in [7, 11) is 1.54. The number of aromatic nitrogens is 4. The molecule has 0 amide bonds. The van der Waals surface area contributed by atoms with Gasteiger partial charge in [0.25, 0.3) is 5.56 Å². The fourth-order valence-electron chi connectivity index (χ4n) is 1.83. The van der Waals surface area contributed by atoms with Crippen LogP contribution in [0.3, 0.4) is 0 Å². The van der Waals surface area contributed by atoms with E-state index in [9.17, 15) is 15.0 Å². The molecule has 1 aliphatic heterocycles. The molecule has 0 aliphatic carbocycles. The lowest BCUT2D eigenvalue weighted by Gasteiger charge is -2.14. The van der Waals surface area contributed by atoms with E-state index in [1.807, 2.05) is 0 Å². The van der Waals surface area contributed by atoms with Gasteiger partial charge in [-0.1, -0.05) is 0 Å². The molecule has 2 aromatic heterocycles. The number of aliphatic hydroxyl groups is 2. The van der Waals surface area contributed by atoms with Gasteiger partial charge in [-0.3, -0.25) is 4.79 Å². The van der Waals surface area contributed by atoms with Crippen molar-refractivity contribution in [2.45, 2.75) is 12.5 Å². The number of anilines is 1. The molecular formula is C8H9N5O3. The lowest BCUT2D eigenvalue weighted by Crippen LogP contribution is -2.31. The summed E-state index contributed by atoms with van der Waals surface area (Å²) in [6, 6.07) is 0. The van der Waals surface area contributed by atoms with Crippen LogP contribution < -0.4 is 10.5 Å². The average Bonchev–Trinajstić information content (AvgIpc) is 2.80. The van der Waals surface area contributed by atoms with Gasteiger partial charge in [0.05, 0.1) is 6.33 Å². The Morgan fingerprint density at radius 1 is 1.44 bits per heavy atom. The van der Waals surface area contributed by atoms with E-state index in [1.54, 1.807) is 0 Å². The quantitative estimate of drug-likeness (QED) is 0.495. The highest BCUT2D eigenvalue weighted by atomic mass is 16.4. The normalized spacial score (nSPS) is 24.1. The van der Waals surface area contributed by atoms with E-state index >= 15 is 0 Å². The summed E-state index contributed by atoms with van der Waals surface area (Å²) in [4.78, 5) is 23.9. The van der Waals surface area contributed by atoms with Crippen LogP contribution in [0.5, 0.6) is 0 Å². The number of likely N-dealkylation sites (N-methyl/N-ethyl adjacent to an activating group) is 1. The number of nitrogens with one attached hydrogen (secondary N) is 1. The summed E-state index contributed by atoms with van der Waals surface area (Å²) in [6.45, 7) is 0. The van der Waals surface area contributed by atoms with Crippen LogP contribution >= 0.6 is 0 Å². The van der Waals surface area contributed by atoms with Gasteiger partial charge in [0, 0.05) is 7.05 Å². The van der Waals surface area contributed by atoms with Crippen LogP contribution in [0, 0.1) is 0 Å². The maximum absolute atomic E-state index is 11.9. The van der Waals surface area contributed by atoms with Crippen molar-refractivity contribution < 1.29 is 10.2 Å². The van der Waals surface area contributed by atoms with Gasteiger partial charge >= 0.3 is 0 Å². The molecule has 2 aromatic rings. The molecule has 8 heteroatoms. The Labute approximate surface area is 88.8 Å². The molecule has 0 fully saturated rings. The monoisotopic (exact) mass is 223 g/mol. The van der Waals surface area contributed by atoms with Gasteiger partial charge in [0.15, 0.2) is 23.6 Å². The molecule has 0 radical (unpaired) electrons. The van der Waals surface area contributed by atoms with Gasteiger partial charge in [-0.25, -0.2) is 9.55 Å². The van der Waals surface area contributed by atoms with Gasteiger partial charge in [-0.05, 0) is 0 Å². The third-order valence-corrected chi connectivity index (χ3v) is 2.72. The van der Waals surface area contributed by atoms with Crippen LogP contribution in [-0.4, -0.2) is 43.0 Å². The van der Waals surface area contributed by atoms with Crippen molar-refractivity contribution in [2.75, 3.05) is 11.9 Å². The second-order valence-corrected chi connectivity index (χ2v) is 3.63. The highest BCUT2D eigenvalue weighted by Gasteiger charge is 2.36. The minimum Gasteiger partial charge on any atom is -0.369 e. The highest BCUT2D eigenvalue weighted by Crippen LogP contribution is 2.27. The van der Waals surface area contributed by atoms with E-state index in [0.29, 0.717) is 0 Å². The Morgan fingerprint density at radius 2 is 2.19 bits per heavy atom. The number of H-pyrrole nitrogens is 1. The molecule has 3 heterocycles. The number of rotatable bonds is 0. The van der Waals surface area contributed by atoms with Gasteiger partial charge in [-0.2, -0.15) is 4.98 Å². The summed E-state index contributed by atoms with van der Waals surface area (Å²) in [5.41, 5.74) is 0.0306. The summed E-state index contributed by atoms with van der Waals surface area (Å²) >= 11 is 0. The Hall–Kier alpha value is -1.93. The minimum absolute atomic E-state index is 0.199. The number of fused-ring (bicyclic) bond motifs is 2. The van der Waals surface area contributed by atoms with E-state index in [-0.39, 0.29) is 17.1 Å². The van der Waals surface area contributed by atoms with Crippen molar-refractivity contribution in [3.8, 4) is 0 Å². The van der Waals surface area contributed by atoms with Gasteiger partial charge < -0.3 is 20.1 Å². The zero-order valence-corrected chi connectivity index (χ0v) is 8.32. The van der Waals surface area contributed by atoms with E-state index < -0.39 is 18.0 Å². The predicted molar refractivity (Wildman–Crippen MR) is 53.8 cm³/mol. The first-order valence-corrected chi connectivity index (χ1v) is 4.66. The molecule has 16 heavy (non-hydrogen) atoms. The molecule has 3 rings (SSSR count). The zero-order chi connectivity index (χ0) is 11.4. The number of hydrogen-bond acceptors (Lipinski definition) is 6. The third kappa shape index (κ3) is 0.921. The molecule has 2 atom stereocenters. The molecule has 0 spiro atoms. The number of imidazole rings is 1. The fourth-order valence-corrected chi connectivity index (χ4v) is 1.83. The lowest BCUT2D eigenvalue weighted by molar-refractivity contribution is -0.00824. The topological polar surface area (TPSA) is 107 Å². The van der Waals surface area contributed by atoms with Gasteiger partial charge in [0.2, 0.25) is 5.95 Å². The molecule has 1 aliphatic rings. The zero-order valence-electron chi connectivity index (χ0n) is 8.32. The molecule has 0 aromatic carbocycles. The van der Waals surface area contributed by atoms with E-state index in [2.05, 4.69) is 15.0 Å². The van der Waals surface area contributed by atoms with Crippen molar-refractivity contribution in [3.05, 3.63) is 16.7 Å². The number of aromatic amines is 1. The second-order valence-electron chi connectivity index (χ2n) is 3.63. The summed E-state index contributed by atoms with van der Waals surface area (Å²) in [5, 5.41) is 19.3. The van der Waals surface area contributed by atoms with E-state index in [1.165, 1.54) is 18.3 Å². The van der Waals surface area contributed by atoms with Crippen LogP contribution in [0.15, 0.2) is 11.1 Å². The molecule has 0 saturated carbocycles. The molecule has 2 unspecified atom stereocenters. The van der Waals surface area contributed by atoms with Crippen LogP contribution in [0.2, 0.25) is 0 Å². The molecule has 0 saturated heterocycles. The average molecular weight is 223 g/mol. The first-order chi connectivity index (χ1) is 7.61. The fraction of sp³-hybridized carbons (Fsp3) is 0.375. The first-order valence-electron chi connectivity index (χ1n) is 4.66. The molecule has 8 nitrogen and oxygen atoms in total. The van der Waals surface area contributed by atoms with E-state index in [4.69, 9.17) is 0 Å². The molecule has 84 valence electrons. The largest absolute Gasteiger partial charge is 0.369 e. The van der Waals surface area contributed by atoms with Gasteiger partial charge in [-0.15, -0.1) is 0 Å². The summed E-state index contributed by atoms with van der Waals surface area (Å²) in [5.74, 6) is 0.199. The van der Waals surface area contributed by atoms with Gasteiger partial charge in [0.1, 0.15) is 0 Å². The maximum Gasteiger partial charge on any atom is 0.283 e. The van der Waals surface area contributed by atoms with Crippen molar-refractivity contribution in [1.29, 1.82) is 0 Å². The van der Waals surface area contributed by atoms with Crippen molar-refractivity contribution in [1.82, 2.24) is 19.5 Å². The van der Waals surface area contributed by atoms with Crippen LogP contribution in [0.1, 0.15) is 6.23 Å². The standard InChI is InChI=1S/C8H9N5O3/c1-12-6(15)7(16)13-5(14)3-4(10-2-9-3)11-8(12)13/h2,6-7,15-16H,1H3,(H,9,10). The SMILES string of the molecule is CN1c2nc3nc[nH]c3c(=O)n2C(O)C1O. The minimum atomic E-state index is -1.31. The lowest BCUT2D eigenvalue weighted by atomic mass is 10.5. The molecule has 3 N–H and O–H groups in total. The highest BCUT2D eigenvalue weighted by molar-refractivity contribution is 5.70.